The van der Waals surface area contributed by atoms with Gasteiger partial charge in [0, 0.05) is 32.7 Å². The van der Waals surface area contributed by atoms with Gasteiger partial charge in [-0.25, -0.2) is 0 Å². The van der Waals surface area contributed by atoms with Gasteiger partial charge in [0.2, 0.25) is 5.91 Å². The highest BCUT2D eigenvalue weighted by Crippen LogP contribution is 2.15. The first-order valence-corrected chi connectivity index (χ1v) is 7.18. The first-order valence-electron chi connectivity index (χ1n) is 7.18. The van der Waals surface area contributed by atoms with E-state index in [9.17, 15) is 4.79 Å². The zero-order valence-electron chi connectivity index (χ0n) is 12.4. The molecule has 0 aromatic heterocycles. The Hall–Kier alpha value is -0.610. The molecule has 0 aromatic rings. The first-order chi connectivity index (χ1) is 8.44. The zero-order valence-corrected chi connectivity index (χ0v) is 12.4. The summed E-state index contributed by atoms with van der Waals surface area (Å²) in [7, 11) is 0. The van der Waals surface area contributed by atoms with Crippen molar-refractivity contribution in [3.63, 3.8) is 0 Å². The molecule has 4 nitrogen and oxygen atoms in total. The van der Waals surface area contributed by atoms with E-state index in [1.54, 1.807) is 0 Å². The Morgan fingerprint density at radius 2 is 1.94 bits per heavy atom. The number of nitrogens with one attached hydrogen (secondary N) is 2. The molecule has 1 fully saturated rings. The third-order valence-corrected chi connectivity index (χ3v) is 3.71. The molecular weight excluding hydrogens is 226 g/mol. The Morgan fingerprint density at radius 1 is 1.33 bits per heavy atom. The van der Waals surface area contributed by atoms with E-state index < -0.39 is 0 Å². The van der Waals surface area contributed by atoms with Crippen molar-refractivity contribution in [2.24, 2.45) is 5.92 Å². The summed E-state index contributed by atoms with van der Waals surface area (Å²) in [6, 6.07) is 0. The average Bonchev–Trinajstić information content (AvgIpc) is 2.35. The van der Waals surface area contributed by atoms with Crippen LogP contribution in [-0.2, 0) is 4.79 Å². The van der Waals surface area contributed by atoms with Gasteiger partial charge in [-0.15, -0.1) is 0 Å². The van der Waals surface area contributed by atoms with Gasteiger partial charge in [0.05, 0.1) is 5.54 Å². The molecule has 18 heavy (non-hydrogen) atoms. The average molecular weight is 255 g/mol. The SMILES string of the molecule is CC(C)CCCNC(=O)C(C)(C)N1CCNCC1. The van der Waals surface area contributed by atoms with Gasteiger partial charge in [0.1, 0.15) is 0 Å². The molecule has 106 valence electrons. The van der Waals surface area contributed by atoms with Crippen molar-refractivity contribution >= 4 is 5.91 Å². The molecule has 2 N–H and O–H groups in total. The van der Waals surface area contributed by atoms with Gasteiger partial charge in [-0.2, -0.15) is 0 Å². The van der Waals surface area contributed by atoms with Crippen LogP contribution >= 0.6 is 0 Å². The second-order valence-corrected chi connectivity index (χ2v) is 6.09. The van der Waals surface area contributed by atoms with Gasteiger partial charge in [-0.1, -0.05) is 13.8 Å². The van der Waals surface area contributed by atoms with E-state index in [-0.39, 0.29) is 11.4 Å². The largest absolute Gasteiger partial charge is 0.355 e. The Bertz CT molecular complexity index is 258. The molecule has 1 amide bonds. The van der Waals surface area contributed by atoms with Crippen LogP contribution in [0, 0.1) is 5.92 Å². The maximum Gasteiger partial charge on any atom is 0.239 e. The summed E-state index contributed by atoms with van der Waals surface area (Å²) in [5.74, 6) is 0.872. The molecule has 0 saturated carbocycles. The Balaban J connectivity index is 2.33. The second-order valence-electron chi connectivity index (χ2n) is 6.09. The van der Waals surface area contributed by atoms with Crippen LogP contribution in [0.3, 0.4) is 0 Å². The van der Waals surface area contributed by atoms with Gasteiger partial charge in [0.25, 0.3) is 0 Å². The van der Waals surface area contributed by atoms with Crippen molar-refractivity contribution in [3.8, 4) is 0 Å². The molecule has 0 atom stereocenters. The van der Waals surface area contributed by atoms with Crippen LogP contribution in [0.5, 0.6) is 0 Å². The molecule has 4 heteroatoms. The summed E-state index contributed by atoms with van der Waals surface area (Å²) < 4.78 is 0. The van der Waals surface area contributed by atoms with Gasteiger partial charge in [-0.05, 0) is 32.6 Å². The van der Waals surface area contributed by atoms with Crippen LogP contribution in [0.2, 0.25) is 0 Å². The number of piperazine rings is 1. The van der Waals surface area contributed by atoms with E-state index in [1.165, 1.54) is 6.42 Å². The fraction of sp³-hybridized carbons (Fsp3) is 0.929. The molecule has 0 bridgehead atoms. The van der Waals surface area contributed by atoms with Gasteiger partial charge < -0.3 is 10.6 Å². The quantitative estimate of drug-likeness (QED) is 0.702. The highest BCUT2D eigenvalue weighted by atomic mass is 16.2. The topological polar surface area (TPSA) is 44.4 Å². The molecule has 0 aromatic carbocycles. The van der Waals surface area contributed by atoms with Crippen LogP contribution in [0.15, 0.2) is 0 Å². The number of carbonyl (C=O) groups is 1. The third-order valence-electron chi connectivity index (χ3n) is 3.71. The lowest BCUT2D eigenvalue weighted by molar-refractivity contribution is -0.132. The van der Waals surface area contributed by atoms with E-state index in [0.717, 1.165) is 39.1 Å². The number of rotatable bonds is 6. The second kappa shape index (κ2) is 7.10. The maximum atomic E-state index is 12.2. The number of amides is 1. The maximum absolute atomic E-state index is 12.2. The smallest absolute Gasteiger partial charge is 0.239 e. The highest BCUT2D eigenvalue weighted by Gasteiger charge is 2.34. The first kappa shape index (κ1) is 15.4. The molecule has 1 saturated heterocycles. The number of hydrogen-bond acceptors (Lipinski definition) is 3. The van der Waals surface area contributed by atoms with Crippen LogP contribution in [-0.4, -0.2) is 49.1 Å². The molecule has 0 unspecified atom stereocenters. The van der Waals surface area contributed by atoms with E-state index in [0.29, 0.717) is 5.92 Å². The molecule has 1 aliphatic rings. The number of hydrogen-bond donors (Lipinski definition) is 2. The highest BCUT2D eigenvalue weighted by molar-refractivity contribution is 5.85. The molecule has 0 radical (unpaired) electrons. The zero-order chi connectivity index (χ0) is 13.6. The standard InChI is InChI=1S/C14H29N3O/c1-12(2)6-5-7-16-13(18)14(3,4)17-10-8-15-9-11-17/h12,15H,5-11H2,1-4H3,(H,16,18). The van der Waals surface area contributed by atoms with Crippen molar-refractivity contribution in [2.45, 2.75) is 46.1 Å². The Kier molecular flexibility index (Phi) is 6.09. The lowest BCUT2D eigenvalue weighted by Gasteiger charge is -2.39. The summed E-state index contributed by atoms with van der Waals surface area (Å²) in [5, 5.41) is 6.39. The van der Waals surface area contributed by atoms with Gasteiger partial charge in [-0.3, -0.25) is 9.69 Å². The minimum atomic E-state index is -0.389. The van der Waals surface area contributed by atoms with Crippen molar-refractivity contribution in [2.75, 3.05) is 32.7 Å². The fourth-order valence-corrected chi connectivity index (χ4v) is 2.30. The van der Waals surface area contributed by atoms with E-state index in [1.807, 2.05) is 13.8 Å². The minimum Gasteiger partial charge on any atom is -0.355 e. The van der Waals surface area contributed by atoms with E-state index >= 15 is 0 Å². The summed E-state index contributed by atoms with van der Waals surface area (Å²) in [4.78, 5) is 14.5. The predicted molar refractivity (Wildman–Crippen MR) is 75.6 cm³/mol. The molecular formula is C14H29N3O. The lowest BCUT2D eigenvalue weighted by atomic mass is 10.00. The normalized spacial score (nSPS) is 18.1. The van der Waals surface area contributed by atoms with Gasteiger partial charge in [0.15, 0.2) is 0 Å². The summed E-state index contributed by atoms with van der Waals surface area (Å²) in [5.41, 5.74) is -0.389. The van der Waals surface area contributed by atoms with Crippen LogP contribution in [0.1, 0.15) is 40.5 Å². The Labute approximate surface area is 111 Å². The number of carbonyl (C=O) groups excluding carboxylic acids is 1. The van der Waals surface area contributed by atoms with E-state index in [4.69, 9.17) is 0 Å². The fourth-order valence-electron chi connectivity index (χ4n) is 2.30. The minimum absolute atomic E-state index is 0.160. The summed E-state index contributed by atoms with van der Waals surface area (Å²) in [6.07, 6.45) is 2.25. The van der Waals surface area contributed by atoms with Crippen LogP contribution in [0.25, 0.3) is 0 Å². The third kappa shape index (κ3) is 4.58. The monoisotopic (exact) mass is 255 g/mol. The molecule has 1 heterocycles. The summed E-state index contributed by atoms with van der Waals surface area (Å²) >= 11 is 0. The van der Waals surface area contributed by atoms with Crippen molar-refractivity contribution < 1.29 is 4.79 Å². The lowest BCUT2D eigenvalue weighted by Crippen LogP contribution is -2.60. The molecule has 0 spiro atoms. The summed E-state index contributed by atoms with van der Waals surface area (Å²) in [6.45, 7) is 13.1. The molecule has 1 rings (SSSR count). The van der Waals surface area contributed by atoms with Crippen molar-refractivity contribution in [1.82, 2.24) is 15.5 Å². The molecule has 0 aliphatic carbocycles. The van der Waals surface area contributed by atoms with Gasteiger partial charge >= 0.3 is 0 Å². The Morgan fingerprint density at radius 3 is 2.50 bits per heavy atom. The van der Waals surface area contributed by atoms with Crippen LogP contribution < -0.4 is 10.6 Å². The van der Waals surface area contributed by atoms with Crippen molar-refractivity contribution in [1.29, 1.82) is 0 Å². The predicted octanol–water partition coefficient (Wildman–Crippen LogP) is 1.22. The van der Waals surface area contributed by atoms with Crippen molar-refractivity contribution in [3.05, 3.63) is 0 Å². The van der Waals surface area contributed by atoms with E-state index in [2.05, 4.69) is 29.4 Å². The van der Waals surface area contributed by atoms with Crippen LogP contribution in [0.4, 0.5) is 0 Å². The molecule has 1 aliphatic heterocycles. The number of nitrogens with zero attached hydrogens (tertiary/aromatic N) is 1.